The topological polar surface area (TPSA) is 98.0 Å². The molecular weight excluding hydrogens is 429 g/mol. The van der Waals surface area contributed by atoms with Gasteiger partial charge < -0.3 is 25.5 Å². The molecule has 3 heterocycles. The molecule has 10 heteroatoms. The number of rotatable bonds is 9. The number of carbonyl (C=O) groups excluding carboxylic acids is 1. The fourth-order valence-corrected chi connectivity index (χ4v) is 4.38. The molecule has 1 atom stereocenters. The first-order valence-corrected chi connectivity index (χ1v) is 11.7. The Balaban J connectivity index is 1.51. The maximum atomic E-state index is 12.0. The number of likely N-dealkylation sites (N-methyl/N-ethyl adjacent to an activating group) is 1. The van der Waals surface area contributed by atoms with Gasteiger partial charge in [0.15, 0.2) is 5.65 Å². The van der Waals surface area contributed by atoms with Gasteiger partial charge >= 0.3 is 0 Å². The second-order valence-electron chi connectivity index (χ2n) is 9.03. The van der Waals surface area contributed by atoms with E-state index in [0.29, 0.717) is 24.2 Å². The number of benzene rings is 1. The molecule has 0 saturated carbocycles. The number of hydrogen-bond donors (Lipinski definition) is 3. The van der Waals surface area contributed by atoms with Gasteiger partial charge in [-0.25, -0.2) is 4.98 Å². The van der Waals surface area contributed by atoms with Crippen LogP contribution in [-0.2, 0) is 11.3 Å². The fraction of sp³-hybridized carbons (Fsp3) is 0.458. The molecule has 0 aliphatic carbocycles. The average Bonchev–Trinajstić information content (AvgIpc) is 3.19. The first-order chi connectivity index (χ1) is 16.4. The van der Waals surface area contributed by atoms with Crippen LogP contribution in [0.25, 0.3) is 5.65 Å². The highest BCUT2D eigenvalue weighted by Crippen LogP contribution is 2.27. The van der Waals surface area contributed by atoms with Crippen LogP contribution in [0.3, 0.4) is 0 Å². The molecule has 2 radical (unpaired) electrons. The molecule has 0 bridgehead atoms. The molecule has 1 aliphatic heterocycles. The van der Waals surface area contributed by atoms with Gasteiger partial charge in [0.25, 0.3) is 0 Å². The lowest BCUT2D eigenvalue weighted by atomic mass is 9.99. The Labute approximate surface area is 201 Å². The Hall–Kier alpha value is -3.11. The summed E-state index contributed by atoms with van der Waals surface area (Å²) in [4.78, 5) is 20.9. The van der Waals surface area contributed by atoms with Gasteiger partial charge in [-0.3, -0.25) is 4.79 Å². The molecule has 34 heavy (non-hydrogen) atoms. The molecule has 1 amide bonds. The van der Waals surface area contributed by atoms with E-state index in [2.05, 4.69) is 20.6 Å². The van der Waals surface area contributed by atoms with Gasteiger partial charge in [0.05, 0.1) is 6.54 Å². The minimum Gasteiger partial charge on any atom is -0.396 e. The van der Waals surface area contributed by atoms with E-state index in [0.717, 1.165) is 55.1 Å². The van der Waals surface area contributed by atoms with Gasteiger partial charge in [-0.15, -0.1) is 0 Å². The number of amides is 1. The summed E-state index contributed by atoms with van der Waals surface area (Å²) in [5.74, 6) is 1.60. The van der Waals surface area contributed by atoms with Crippen LogP contribution in [0.15, 0.2) is 36.5 Å². The van der Waals surface area contributed by atoms with E-state index in [9.17, 15) is 9.90 Å². The maximum absolute atomic E-state index is 12.0. The normalized spacial score (nSPS) is 16.2. The van der Waals surface area contributed by atoms with Crippen molar-refractivity contribution in [2.24, 2.45) is 0 Å². The third-order valence-electron chi connectivity index (χ3n) is 6.04. The first-order valence-electron chi connectivity index (χ1n) is 11.7. The lowest BCUT2D eigenvalue weighted by Gasteiger charge is -2.36. The molecule has 178 valence electrons. The van der Waals surface area contributed by atoms with Crippen LogP contribution in [0.4, 0.5) is 17.3 Å². The third-order valence-corrected chi connectivity index (χ3v) is 6.04. The summed E-state index contributed by atoms with van der Waals surface area (Å²) in [5.41, 5.74) is 2.98. The fourth-order valence-electron chi connectivity index (χ4n) is 4.38. The highest BCUT2D eigenvalue weighted by Gasteiger charge is 2.24. The average molecular weight is 461 g/mol. The van der Waals surface area contributed by atoms with Crippen molar-refractivity contribution >= 4 is 42.2 Å². The second-order valence-corrected chi connectivity index (χ2v) is 9.03. The summed E-state index contributed by atoms with van der Waals surface area (Å²) < 4.78 is 1.72. The van der Waals surface area contributed by atoms with Gasteiger partial charge in [-0.2, -0.15) is 9.61 Å². The second kappa shape index (κ2) is 10.9. The van der Waals surface area contributed by atoms with Crippen LogP contribution >= 0.6 is 0 Å². The van der Waals surface area contributed by atoms with Crippen molar-refractivity contribution in [3.8, 4) is 0 Å². The highest BCUT2D eigenvalue weighted by atomic mass is 16.3. The number of piperidine rings is 1. The van der Waals surface area contributed by atoms with Gasteiger partial charge in [0, 0.05) is 43.7 Å². The van der Waals surface area contributed by atoms with Gasteiger partial charge in [0.2, 0.25) is 5.91 Å². The zero-order valence-electron chi connectivity index (χ0n) is 19.9. The summed E-state index contributed by atoms with van der Waals surface area (Å²) >= 11 is 0. The molecule has 1 saturated heterocycles. The van der Waals surface area contributed by atoms with Crippen molar-refractivity contribution in [1.82, 2.24) is 19.5 Å². The van der Waals surface area contributed by atoms with E-state index in [4.69, 9.17) is 12.8 Å². The van der Waals surface area contributed by atoms with Gasteiger partial charge in [0.1, 0.15) is 19.5 Å². The minimum atomic E-state index is -0.0453. The van der Waals surface area contributed by atoms with Crippen molar-refractivity contribution in [2.75, 3.05) is 49.3 Å². The monoisotopic (exact) mass is 461 g/mol. The van der Waals surface area contributed by atoms with Crippen LogP contribution in [-0.4, -0.2) is 78.2 Å². The summed E-state index contributed by atoms with van der Waals surface area (Å²) in [6.45, 7) is 1.98. The molecule has 4 rings (SSSR count). The Morgan fingerprint density at radius 2 is 2.06 bits per heavy atom. The number of hydrogen-bond acceptors (Lipinski definition) is 7. The van der Waals surface area contributed by atoms with Crippen LogP contribution in [0.5, 0.6) is 0 Å². The molecule has 0 unspecified atom stereocenters. The highest BCUT2D eigenvalue weighted by molar-refractivity contribution is 6.36. The Morgan fingerprint density at radius 3 is 2.79 bits per heavy atom. The number of anilines is 3. The van der Waals surface area contributed by atoms with Crippen LogP contribution < -0.4 is 21.0 Å². The number of nitrogens with zero attached hydrogens (tertiary/aromatic N) is 5. The Bertz CT molecular complexity index is 1110. The van der Waals surface area contributed by atoms with Gasteiger partial charge in [-0.1, -0.05) is 12.1 Å². The van der Waals surface area contributed by atoms with Crippen molar-refractivity contribution in [2.45, 2.75) is 38.3 Å². The number of aromatic nitrogens is 3. The van der Waals surface area contributed by atoms with Crippen molar-refractivity contribution < 1.29 is 9.90 Å². The largest absolute Gasteiger partial charge is 0.396 e. The lowest BCUT2D eigenvalue weighted by Crippen LogP contribution is -2.40. The zero-order valence-corrected chi connectivity index (χ0v) is 19.9. The first kappa shape index (κ1) is 24.0. The number of aliphatic hydroxyl groups excluding tert-OH is 1. The van der Waals surface area contributed by atoms with Gasteiger partial charge in [-0.05, 0) is 62.9 Å². The van der Waals surface area contributed by atoms with Crippen LogP contribution in [0, 0.1) is 0 Å². The molecule has 1 aromatic carbocycles. The molecule has 1 aliphatic rings. The summed E-state index contributed by atoms with van der Waals surface area (Å²) in [5, 5.41) is 20.3. The summed E-state index contributed by atoms with van der Waals surface area (Å²) in [6, 6.07) is 10.0. The smallest absolute Gasteiger partial charge is 0.238 e. The van der Waals surface area contributed by atoms with Crippen molar-refractivity contribution in [3.05, 3.63) is 42.1 Å². The Kier molecular flexibility index (Phi) is 7.69. The third kappa shape index (κ3) is 5.68. The van der Waals surface area contributed by atoms with E-state index in [1.165, 1.54) is 0 Å². The number of nitrogens with one attached hydrogen (secondary N) is 2. The zero-order chi connectivity index (χ0) is 24.1. The number of carbonyl (C=O) groups is 1. The maximum Gasteiger partial charge on any atom is 0.238 e. The predicted octanol–water partition coefficient (Wildman–Crippen LogP) is 1.38. The van der Waals surface area contributed by atoms with E-state index in [1.807, 2.05) is 49.3 Å². The summed E-state index contributed by atoms with van der Waals surface area (Å²) in [7, 11) is 9.89. The predicted molar refractivity (Wildman–Crippen MR) is 136 cm³/mol. The SMILES string of the molecule is [B]c1cnn2c(NCc3ccc(NC(=O)CN(C)C)cc3)cc(N3CCCC[C@H]3CCO)nc12. The van der Waals surface area contributed by atoms with Crippen molar-refractivity contribution in [1.29, 1.82) is 0 Å². The minimum absolute atomic E-state index is 0.0453. The molecule has 0 spiro atoms. The lowest BCUT2D eigenvalue weighted by molar-refractivity contribution is -0.116. The van der Waals surface area contributed by atoms with Crippen LogP contribution in [0.2, 0.25) is 0 Å². The standard InChI is InChI=1S/C24H32BN7O2/c1-30(2)16-23(34)28-18-8-6-17(7-9-18)14-26-21-13-22(29-24-20(25)15-27-32(21)24)31-11-4-3-5-19(31)10-12-33/h6-9,13,15,19,26,33H,3-5,10-12,14,16H2,1-2H3,(H,28,34)/t19-/m0/s1. The van der Waals surface area contributed by atoms with Crippen LogP contribution in [0.1, 0.15) is 31.2 Å². The molecule has 9 nitrogen and oxygen atoms in total. The number of aliphatic hydroxyl groups is 1. The quantitative estimate of drug-likeness (QED) is 0.414. The van der Waals surface area contributed by atoms with E-state index >= 15 is 0 Å². The molecule has 3 N–H and O–H groups in total. The van der Waals surface area contributed by atoms with Crippen molar-refractivity contribution in [3.63, 3.8) is 0 Å². The summed E-state index contributed by atoms with van der Waals surface area (Å²) in [6.07, 6.45) is 5.65. The molecule has 2 aromatic heterocycles. The molecule has 3 aromatic rings. The van der Waals surface area contributed by atoms with E-state index < -0.39 is 0 Å². The Morgan fingerprint density at radius 1 is 1.26 bits per heavy atom. The molecular formula is C24H32BN7O2. The number of fused-ring (bicyclic) bond motifs is 1. The van der Waals surface area contributed by atoms with E-state index in [1.54, 1.807) is 10.7 Å². The molecule has 1 fully saturated rings. The van der Waals surface area contributed by atoms with E-state index in [-0.39, 0.29) is 18.6 Å².